The molecular formula is C13H17N3O3. The molecule has 2 rings (SSSR count). The number of nitrogens with zero attached hydrogens (tertiary/aromatic N) is 3. The normalized spacial score (nSPS) is 20.6. The van der Waals surface area contributed by atoms with E-state index in [9.17, 15) is 9.59 Å². The zero-order valence-electron chi connectivity index (χ0n) is 10.8. The summed E-state index contributed by atoms with van der Waals surface area (Å²) in [5, 5.41) is 8.88. The molecule has 6 heteroatoms. The zero-order chi connectivity index (χ0) is 13.8. The van der Waals surface area contributed by atoms with Crippen LogP contribution in [0.25, 0.3) is 0 Å². The Labute approximate surface area is 111 Å². The topological polar surface area (TPSA) is 73.7 Å². The van der Waals surface area contributed by atoms with Crippen LogP contribution in [0.3, 0.4) is 0 Å². The lowest BCUT2D eigenvalue weighted by molar-refractivity contribution is -0.144. The molecule has 1 saturated heterocycles. The van der Waals surface area contributed by atoms with Crippen LogP contribution in [-0.2, 0) is 16.1 Å². The minimum atomic E-state index is -0.879. The fraction of sp³-hybridized carbons (Fsp3) is 0.462. The van der Waals surface area contributed by atoms with Gasteiger partial charge in [-0.25, -0.2) is 0 Å². The lowest BCUT2D eigenvalue weighted by Gasteiger charge is -2.38. The number of likely N-dealkylation sites (N-methyl/N-ethyl adjacent to an activating group) is 1. The van der Waals surface area contributed by atoms with E-state index in [1.54, 1.807) is 19.4 Å². The maximum Gasteiger partial charge on any atom is 0.305 e. The van der Waals surface area contributed by atoms with Crippen molar-refractivity contribution < 1.29 is 14.7 Å². The smallest absolute Gasteiger partial charge is 0.305 e. The highest BCUT2D eigenvalue weighted by atomic mass is 16.4. The van der Waals surface area contributed by atoms with Crippen molar-refractivity contribution in [3.05, 3.63) is 30.1 Å². The minimum absolute atomic E-state index is 0.0188. The van der Waals surface area contributed by atoms with Gasteiger partial charge in [0.15, 0.2) is 0 Å². The van der Waals surface area contributed by atoms with Gasteiger partial charge in [0, 0.05) is 32.5 Å². The van der Waals surface area contributed by atoms with Gasteiger partial charge in [-0.3, -0.25) is 19.5 Å². The van der Waals surface area contributed by atoms with E-state index in [4.69, 9.17) is 5.11 Å². The third-order valence-corrected chi connectivity index (χ3v) is 3.33. The van der Waals surface area contributed by atoms with E-state index in [0.29, 0.717) is 19.6 Å². The van der Waals surface area contributed by atoms with Gasteiger partial charge in [-0.15, -0.1) is 0 Å². The second kappa shape index (κ2) is 5.79. The van der Waals surface area contributed by atoms with Crippen molar-refractivity contribution in [2.75, 3.05) is 20.1 Å². The predicted molar refractivity (Wildman–Crippen MR) is 68.3 cm³/mol. The summed E-state index contributed by atoms with van der Waals surface area (Å²) < 4.78 is 0. The summed E-state index contributed by atoms with van der Waals surface area (Å²) in [6.07, 6.45) is 3.40. The molecule has 1 aromatic heterocycles. The van der Waals surface area contributed by atoms with Crippen LogP contribution in [0.4, 0.5) is 0 Å². The Kier molecular flexibility index (Phi) is 4.11. The molecule has 1 aromatic rings. The van der Waals surface area contributed by atoms with Crippen LogP contribution in [0.15, 0.2) is 24.5 Å². The van der Waals surface area contributed by atoms with Gasteiger partial charge in [-0.05, 0) is 17.7 Å². The zero-order valence-corrected chi connectivity index (χ0v) is 10.8. The Morgan fingerprint density at radius 2 is 2.16 bits per heavy atom. The molecule has 2 heterocycles. The van der Waals surface area contributed by atoms with Crippen molar-refractivity contribution in [3.8, 4) is 0 Å². The summed E-state index contributed by atoms with van der Waals surface area (Å²) >= 11 is 0. The van der Waals surface area contributed by atoms with Crippen LogP contribution < -0.4 is 0 Å². The summed E-state index contributed by atoms with van der Waals surface area (Å²) in [4.78, 5) is 30.2. The number of carbonyl (C=O) groups excluding carboxylic acids is 1. The third kappa shape index (κ3) is 3.51. The molecule has 102 valence electrons. The molecule has 6 nitrogen and oxygen atoms in total. The molecule has 0 spiro atoms. The fourth-order valence-corrected chi connectivity index (χ4v) is 2.26. The van der Waals surface area contributed by atoms with Gasteiger partial charge in [-0.2, -0.15) is 0 Å². The number of aromatic nitrogens is 1. The SMILES string of the molecule is CN1C(=O)CN(Cc2ccncc2)CC1CC(=O)O. The van der Waals surface area contributed by atoms with Crippen LogP contribution in [0.1, 0.15) is 12.0 Å². The van der Waals surface area contributed by atoms with Gasteiger partial charge in [0.2, 0.25) is 5.91 Å². The minimum Gasteiger partial charge on any atom is -0.481 e. The van der Waals surface area contributed by atoms with Gasteiger partial charge in [0.1, 0.15) is 0 Å². The average molecular weight is 263 g/mol. The number of rotatable bonds is 4. The van der Waals surface area contributed by atoms with E-state index in [1.165, 1.54) is 4.90 Å². The van der Waals surface area contributed by atoms with Crippen molar-refractivity contribution in [3.63, 3.8) is 0 Å². The van der Waals surface area contributed by atoms with Crippen molar-refractivity contribution in [2.45, 2.75) is 19.0 Å². The molecule has 1 fully saturated rings. The first kappa shape index (κ1) is 13.5. The Morgan fingerprint density at radius 1 is 1.47 bits per heavy atom. The number of piperazine rings is 1. The fourth-order valence-electron chi connectivity index (χ4n) is 2.26. The monoisotopic (exact) mass is 263 g/mol. The summed E-state index contributed by atoms with van der Waals surface area (Å²) in [7, 11) is 1.67. The Morgan fingerprint density at radius 3 is 2.79 bits per heavy atom. The maximum absolute atomic E-state index is 11.9. The number of hydrogen-bond acceptors (Lipinski definition) is 4. The van der Waals surface area contributed by atoms with Gasteiger partial charge < -0.3 is 10.0 Å². The lowest BCUT2D eigenvalue weighted by atomic mass is 10.1. The number of carboxylic acid groups (broad SMARTS) is 1. The van der Waals surface area contributed by atoms with E-state index in [2.05, 4.69) is 4.98 Å². The third-order valence-electron chi connectivity index (χ3n) is 3.33. The molecule has 1 N–H and O–H groups in total. The standard InChI is InChI=1S/C13H17N3O3/c1-15-11(6-13(18)19)8-16(9-12(15)17)7-10-2-4-14-5-3-10/h2-5,11H,6-9H2,1H3,(H,18,19). The molecule has 19 heavy (non-hydrogen) atoms. The molecule has 0 saturated carbocycles. The highest BCUT2D eigenvalue weighted by molar-refractivity contribution is 5.80. The summed E-state index contributed by atoms with van der Waals surface area (Å²) in [6.45, 7) is 1.55. The first-order chi connectivity index (χ1) is 9.06. The molecule has 0 bridgehead atoms. The quantitative estimate of drug-likeness (QED) is 0.840. The Balaban J connectivity index is 2.02. The second-order valence-electron chi connectivity index (χ2n) is 4.78. The molecule has 0 aromatic carbocycles. The first-order valence-electron chi connectivity index (χ1n) is 6.15. The van der Waals surface area contributed by atoms with Crippen molar-refractivity contribution in [2.24, 2.45) is 0 Å². The molecule has 1 atom stereocenters. The largest absolute Gasteiger partial charge is 0.481 e. The second-order valence-corrected chi connectivity index (χ2v) is 4.78. The summed E-state index contributed by atoms with van der Waals surface area (Å²) in [6, 6.07) is 3.53. The number of pyridine rings is 1. The van der Waals surface area contributed by atoms with E-state index in [0.717, 1.165) is 5.56 Å². The van der Waals surface area contributed by atoms with Gasteiger partial charge >= 0.3 is 5.97 Å². The number of aliphatic carboxylic acids is 1. The van der Waals surface area contributed by atoms with E-state index in [1.807, 2.05) is 17.0 Å². The number of amides is 1. The number of hydrogen-bond donors (Lipinski definition) is 1. The van der Waals surface area contributed by atoms with Gasteiger partial charge in [-0.1, -0.05) is 0 Å². The Bertz CT molecular complexity index is 463. The number of carboxylic acids is 1. The molecular weight excluding hydrogens is 246 g/mol. The van der Waals surface area contributed by atoms with Gasteiger partial charge in [0.05, 0.1) is 19.0 Å². The van der Waals surface area contributed by atoms with Crippen molar-refractivity contribution in [1.82, 2.24) is 14.8 Å². The van der Waals surface area contributed by atoms with Crippen LogP contribution >= 0.6 is 0 Å². The molecule has 0 aliphatic carbocycles. The first-order valence-corrected chi connectivity index (χ1v) is 6.15. The highest BCUT2D eigenvalue weighted by Gasteiger charge is 2.31. The van der Waals surface area contributed by atoms with Crippen LogP contribution in [0.2, 0.25) is 0 Å². The number of carbonyl (C=O) groups is 2. The van der Waals surface area contributed by atoms with Crippen LogP contribution in [-0.4, -0.2) is 57.9 Å². The molecule has 1 aliphatic rings. The molecule has 1 amide bonds. The highest BCUT2D eigenvalue weighted by Crippen LogP contribution is 2.14. The van der Waals surface area contributed by atoms with Crippen LogP contribution in [0.5, 0.6) is 0 Å². The molecule has 1 unspecified atom stereocenters. The summed E-state index contributed by atoms with van der Waals surface area (Å²) in [5.74, 6) is -0.915. The van der Waals surface area contributed by atoms with Gasteiger partial charge in [0.25, 0.3) is 0 Å². The average Bonchev–Trinajstić information content (AvgIpc) is 2.36. The molecule has 1 aliphatic heterocycles. The Hall–Kier alpha value is -1.95. The van der Waals surface area contributed by atoms with Crippen molar-refractivity contribution >= 4 is 11.9 Å². The molecule has 0 radical (unpaired) electrons. The lowest BCUT2D eigenvalue weighted by Crippen LogP contribution is -2.54. The van der Waals surface area contributed by atoms with Crippen LogP contribution in [0, 0.1) is 0 Å². The van der Waals surface area contributed by atoms with E-state index >= 15 is 0 Å². The maximum atomic E-state index is 11.9. The summed E-state index contributed by atoms with van der Waals surface area (Å²) in [5.41, 5.74) is 1.07. The van der Waals surface area contributed by atoms with E-state index < -0.39 is 5.97 Å². The predicted octanol–water partition coefficient (Wildman–Crippen LogP) is 0.199. The van der Waals surface area contributed by atoms with E-state index in [-0.39, 0.29) is 18.4 Å². The van der Waals surface area contributed by atoms with Crippen molar-refractivity contribution in [1.29, 1.82) is 0 Å².